The Labute approximate surface area is 140 Å². The molecule has 0 saturated carbocycles. The number of rotatable bonds is 9. The molecule has 22 heavy (non-hydrogen) atoms. The zero-order valence-electron chi connectivity index (χ0n) is 14.1. The summed E-state index contributed by atoms with van der Waals surface area (Å²) in [7, 11) is 0. The van der Waals surface area contributed by atoms with Crippen molar-refractivity contribution in [3.05, 3.63) is 29.8 Å². The fourth-order valence-electron chi connectivity index (χ4n) is 2.17. The average molecular weight is 329 g/mol. The van der Waals surface area contributed by atoms with Crippen molar-refractivity contribution in [2.24, 2.45) is 0 Å². The molecular formula is C17H29ClN2O2. The molecule has 0 radical (unpaired) electrons. The number of halogens is 1. The van der Waals surface area contributed by atoms with Crippen LogP contribution in [-0.2, 0) is 4.74 Å². The zero-order valence-corrected chi connectivity index (χ0v) is 14.9. The van der Waals surface area contributed by atoms with Gasteiger partial charge in [0.25, 0.3) is 0 Å². The van der Waals surface area contributed by atoms with Crippen molar-refractivity contribution in [2.45, 2.75) is 46.8 Å². The van der Waals surface area contributed by atoms with Crippen molar-refractivity contribution >= 4 is 24.1 Å². The van der Waals surface area contributed by atoms with Crippen LogP contribution in [0.2, 0.25) is 0 Å². The van der Waals surface area contributed by atoms with Crippen molar-refractivity contribution < 1.29 is 9.53 Å². The molecule has 0 aliphatic rings. The minimum absolute atomic E-state index is 0. The Morgan fingerprint density at radius 2 is 1.77 bits per heavy atom. The van der Waals surface area contributed by atoms with Gasteiger partial charge in [-0.25, -0.2) is 4.79 Å². The van der Waals surface area contributed by atoms with E-state index >= 15 is 0 Å². The molecule has 5 heteroatoms. The largest absolute Gasteiger partial charge is 0.443 e. The van der Waals surface area contributed by atoms with Crippen LogP contribution in [0, 0.1) is 0 Å². The lowest BCUT2D eigenvalue weighted by Crippen LogP contribution is -2.36. The number of ether oxygens (including phenoxy) is 1. The molecule has 0 fully saturated rings. The molecule has 0 spiro atoms. The third-order valence-corrected chi connectivity index (χ3v) is 3.58. The van der Waals surface area contributed by atoms with E-state index in [0.29, 0.717) is 5.56 Å². The van der Waals surface area contributed by atoms with Gasteiger partial charge in [-0.05, 0) is 50.7 Å². The van der Waals surface area contributed by atoms with Gasteiger partial charge in [0.15, 0.2) is 6.23 Å². The van der Waals surface area contributed by atoms with E-state index < -0.39 is 0 Å². The van der Waals surface area contributed by atoms with E-state index in [4.69, 9.17) is 4.74 Å². The number of unbranched alkanes of at least 4 members (excludes halogenated alkanes) is 1. The first-order valence-corrected chi connectivity index (χ1v) is 7.91. The minimum atomic E-state index is -0.269. The van der Waals surface area contributed by atoms with E-state index in [1.807, 2.05) is 31.2 Å². The second kappa shape index (κ2) is 11.3. The van der Waals surface area contributed by atoms with E-state index in [-0.39, 0.29) is 24.6 Å². The van der Waals surface area contributed by atoms with Crippen LogP contribution in [0.5, 0.6) is 0 Å². The van der Waals surface area contributed by atoms with E-state index in [2.05, 4.69) is 31.0 Å². The number of hydrogen-bond donors (Lipinski definition) is 1. The molecule has 0 heterocycles. The van der Waals surface area contributed by atoms with Gasteiger partial charge in [-0.2, -0.15) is 0 Å². The lowest BCUT2D eigenvalue weighted by Gasteiger charge is -2.25. The first kappa shape index (κ1) is 20.7. The van der Waals surface area contributed by atoms with Gasteiger partial charge in [0, 0.05) is 12.2 Å². The number of hydrogen-bond acceptors (Lipinski definition) is 4. The Kier molecular flexibility index (Phi) is 10.7. The van der Waals surface area contributed by atoms with Crippen LogP contribution in [0.25, 0.3) is 0 Å². The molecule has 1 unspecified atom stereocenters. The van der Waals surface area contributed by atoms with Crippen LogP contribution in [0.3, 0.4) is 0 Å². The van der Waals surface area contributed by atoms with Gasteiger partial charge < -0.3 is 10.1 Å². The summed E-state index contributed by atoms with van der Waals surface area (Å²) >= 11 is 0. The molecule has 1 rings (SSSR count). The SMILES string of the molecule is CCCCNc1ccc(C(=O)OC(C)N(CC)CC)cc1.Cl. The number of nitrogens with one attached hydrogen (secondary N) is 1. The lowest BCUT2D eigenvalue weighted by molar-refractivity contribution is -0.0196. The lowest BCUT2D eigenvalue weighted by atomic mass is 10.2. The fourth-order valence-corrected chi connectivity index (χ4v) is 2.17. The van der Waals surface area contributed by atoms with E-state index in [1.165, 1.54) is 6.42 Å². The maximum Gasteiger partial charge on any atom is 0.339 e. The number of carbonyl (C=O) groups is 1. The Hall–Kier alpha value is -1.26. The monoisotopic (exact) mass is 328 g/mol. The summed E-state index contributed by atoms with van der Waals surface area (Å²) in [4.78, 5) is 14.2. The zero-order chi connectivity index (χ0) is 15.7. The third-order valence-electron chi connectivity index (χ3n) is 3.58. The molecule has 0 amide bonds. The van der Waals surface area contributed by atoms with Gasteiger partial charge in [0.2, 0.25) is 0 Å². The molecule has 0 aliphatic heterocycles. The summed E-state index contributed by atoms with van der Waals surface area (Å²) in [5, 5.41) is 3.33. The summed E-state index contributed by atoms with van der Waals surface area (Å²) in [5.74, 6) is -0.269. The summed E-state index contributed by atoms with van der Waals surface area (Å²) in [5.41, 5.74) is 1.63. The number of carbonyl (C=O) groups excluding carboxylic acids is 1. The molecule has 1 aromatic rings. The van der Waals surface area contributed by atoms with Crippen molar-refractivity contribution in [3.8, 4) is 0 Å². The summed E-state index contributed by atoms with van der Waals surface area (Å²) in [6, 6.07) is 7.47. The summed E-state index contributed by atoms with van der Waals surface area (Å²) in [6.07, 6.45) is 2.11. The van der Waals surface area contributed by atoms with Crippen LogP contribution < -0.4 is 5.32 Å². The van der Waals surface area contributed by atoms with Crippen molar-refractivity contribution in [3.63, 3.8) is 0 Å². The van der Waals surface area contributed by atoms with Crippen LogP contribution >= 0.6 is 12.4 Å². The van der Waals surface area contributed by atoms with Gasteiger partial charge in [0.1, 0.15) is 0 Å². The van der Waals surface area contributed by atoms with Crippen molar-refractivity contribution in [1.82, 2.24) is 4.90 Å². The van der Waals surface area contributed by atoms with Gasteiger partial charge in [-0.15, -0.1) is 12.4 Å². The minimum Gasteiger partial charge on any atom is -0.443 e. The van der Waals surface area contributed by atoms with Gasteiger partial charge in [-0.1, -0.05) is 27.2 Å². The highest BCUT2D eigenvalue weighted by Crippen LogP contribution is 2.12. The molecule has 0 aliphatic carbocycles. The topological polar surface area (TPSA) is 41.6 Å². The Morgan fingerprint density at radius 1 is 1.18 bits per heavy atom. The van der Waals surface area contributed by atoms with Crippen LogP contribution in [0.1, 0.15) is 50.9 Å². The first-order valence-electron chi connectivity index (χ1n) is 7.91. The third kappa shape index (κ3) is 6.67. The first-order chi connectivity index (χ1) is 10.1. The average Bonchev–Trinajstić information content (AvgIpc) is 2.49. The Balaban J connectivity index is 0.00000441. The number of benzene rings is 1. The second-order valence-corrected chi connectivity index (χ2v) is 5.08. The molecule has 1 aromatic carbocycles. The summed E-state index contributed by atoms with van der Waals surface area (Å²) < 4.78 is 5.49. The number of esters is 1. The smallest absolute Gasteiger partial charge is 0.339 e. The predicted molar refractivity (Wildman–Crippen MR) is 94.9 cm³/mol. The normalized spacial score (nSPS) is 11.7. The van der Waals surface area contributed by atoms with E-state index in [9.17, 15) is 4.79 Å². The summed E-state index contributed by atoms with van der Waals surface area (Å²) in [6.45, 7) is 10.9. The molecule has 1 N–H and O–H groups in total. The molecule has 126 valence electrons. The standard InChI is InChI=1S/C17H28N2O2.ClH/c1-5-8-13-18-16-11-9-15(10-12-16)17(20)21-14(4)19(6-2)7-3;/h9-12,14,18H,5-8,13H2,1-4H3;1H. The Morgan fingerprint density at radius 3 is 2.27 bits per heavy atom. The highest BCUT2D eigenvalue weighted by atomic mass is 35.5. The molecular weight excluding hydrogens is 300 g/mol. The van der Waals surface area contributed by atoms with Crippen molar-refractivity contribution in [1.29, 1.82) is 0 Å². The maximum atomic E-state index is 12.1. The van der Waals surface area contributed by atoms with Crippen LogP contribution in [0.4, 0.5) is 5.69 Å². The number of nitrogens with zero attached hydrogens (tertiary/aromatic N) is 1. The molecule has 0 saturated heterocycles. The van der Waals surface area contributed by atoms with E-state index in [0.717, 1.165) is 31.7 Å². The molecule has 0 bridgehead atoms. The van der Waals surface area contributed by atoms with E-state index in [1.54, 1.807) is 0 Å². The second-order valence-electron chi connectivity index (χ2n) is 5.08. The molecule has 0 aromatic heterocycles. The van der Waals surface area contributed by atoms with Crippen molar-refractivity contribution in [2.75, 3.05) is 25.0 Å². The number of anilines is 1. The quantitative estimate of drug-likeness (QED) is 0.420. The fraction of sp³-hybridized carbons (Fsp3) is 0.588. The highest BCUT2D eigenvalue weighted by Gasteiger charge is 2.16. The highest BCUT2D eigenvalue weighted by molar-refractivity contribution is 5.89. The van der Waals surface area contributed by atoms with Gasteiger partial charge in [-0.3, -0.25) is 4.90 Å². The van der Waals surface area contributed by atoms with Crippen LogP contribution in [0.15, 0.2) is 24.3 Å². The predicted octanol–water partition coefficient (Wildman–Crippen LogP) is 4.17. The maximum absolute atomic E-state index is 12.1. The molecule has 4 nitrogen and oxygen atoms in total. The van der Waals surface area contributed by atoms with Gasteiger partial charge in [0.05, 0.1) is 5.56 Å². The van der Waals surface area contributed by atoms with Gasteiger partial charge >= 0.3 is 5.97 Å². The van der Waals surface area contributed by atoms with Crippen LogP contribution in [-0.4, -0.2) is 36.7 Å². The molecule has 1 atom stereocenters. The Bertz CT molecular complexity index is 419.